The van der Waals surface area contributed by atoms with Gasteiger partial charge in [0.15, 0.2) is 8.40 Å². The number of rotatable bonds is 24. The molecule has 0 aliphatic rings. The molecule has 0 amide bonds. The van der Waals surface area contributed by atoms with E-state index in [1.54, 1.807) is 0 Å². The molecule has 0 unspecified atom stereocenters. The molecule has 0 aliphatic heterocycles. The SMILES string of the molecule is N[Si](N)(CCCCCCC(F)(F)C(F)(F)C(F)(F)C(F)(F)C(F)(F)C(F)(F)C(F)(F)F)CCCCCCC(F)(F)C(F)(F)C(F)(F)C(F)(F)C(F)(F)C(F)(F)C(F)(F)F. The molecule has 33 heteroatoms. The van der Waals surface area contributed by atoms with E-state index in [4.69, 9.17) is 10.8 Å². The Bertz CT molecular complexity index is 1270. The highest BCUT2D eigenvalue weighted by molar-refractivity contribution is 6.73. The molecule has 59 heavy (non-hydrogen) atoms. The second-order valence-corrected chi connectivity index (χ2v) is 16.7. The molecule has 2 nitrogen and oxygen atoms in total. The number of halogens is 30. The van der Waals surface area contributed by atoms with Crippen LogP contribution < -0.4 is 10.8 Å². The summed E-state index contributed by atoms with van der Waals surface area (Å²) in [5.74, 6) is -94.7. The highest BCUT2D eigenvalue weighted by atomic mass is 28.3. The molecule has 0 heterocycles. The summed E-state index contributed by atoms with van der Waals surface area (Å²) in [6.45, 7) is 0. The van der Waals surface area contributed by atoms with Crippen LogP contribution >= 0.6 is 0 Å². The summed E-state index contributed by atoms with van der Waals surface area (Å²) in [5, 5.41) is 11.5. The lowest BCUT2D eigenvalue weighted by molar-refractivity contribution is -0.452. The van der Waals surface area contributed by atoms with Crippen LogP contribution in [0.5, 0.6) is 0 Å². The van der Waals surface area contributed by atoms with Crippen LogP contribution in [-0.4, -0.2) is 91.8 Å². The molecule has 0 bridgehead atoms. The van der Waals surface area contributed by atoms with E-state index in [9.17, 15) is 132 Å². The fraction of sp³-hybridized carbons (Fsp3) is 1.00. The Kier molecular flexibility index (Phi) is 16.4. The summed E-state index contributed by atoms with van der Waals surface area (Å²) in [7, 11) is -3.47. The van der Waals surface area contributed by atoms with Crippen LogP contribution in [-0.2, 0) is 0 Å². The Morgan fingerprint density at radius 2 is 0.424 bits per heavy atom. The summed E-state index contributed by atoms with van der Waals surface area (Å²) in [6, 6.07) is -0.587. The van der Waals surface area contributed by atoms with Gasteiger partial charge < -0.3 is 10.8 Å². The summed E-state index contributed by atoms with van der Waals surface area (Å²) in [4.78, 5) is 0. The number of unbranched alkanes of at least 4 members (excludes halogenated alkanes) is 6. The number of hydrogen-bond acceptors (Lipinski definition) is 2. The minimum absolute atomic E-state index is 0.276. The van der Waals surface area contributed by atoms with Crippen LogP contribution in [0.3, 0.4) is 0 Å². The molecule has 4 N–H and O–H groups in total. The maximum absolute atomic E-state index is 13.9. The topological polar surface area (TPSA) is 52.0 Å². The van der Waals surface area contributed by atoms with E-state index in [-0.39, 0.29) is 24.9 Å². The Balaban J connectivity index is 5.22. The summed E-state index contributed by atoms with van der Waals surface area (Å²) < 4.78 is 398. The number of alkyl halides is 30. The van der Waals surface area contributed by atoms with E-state index in [2.05, 4.69) is 0 Å². The predicted molar refractivity (Wildman–Crippen MR) is 141 cm³/mol. The van der Waals surface area contributed by atoms with Gasteiger partial charge in [-0.3, -0.25) is 0 Å². The zero-order chi connectivity index (χ0) is 48.0. The van der Waals surface area contributed by atoms with Gasteiger partial charge in [-0.2, -0.15) is 132 Å². The fourth-order valence-electron chi connectivity index (χ4n) is 4.75. The Labute approximate surface area is 311 Å². The molecule has 0 aromatic rings. The van der Waals surface area contributed by atoms with Crippen LogP contribution in [0.4, 0.5) is 132 Å². The molecule has 0 saturated heterocycles. The molecule has 0 rings (SSSR count). The molecule has 0 saturated carbocycles. The van der Waals surface area contributed by atoms with Crippen molar-refractivity contribution in [2.75, 3.05) is 0 Å². The minimum Gasteiger partial charge on any atom is -0.339 e. The van der Waals surface area contributed by atoms with Gasteiger partial charge in [-0.05, 0) is 24.9 Å². The lowest BCUT2D eigenvalue weighted by Crippen LogP contribution is -2.72. The Hall–Kier alpha value is -1.96. The van der Waals surface area contributed by atoms with Gasteiger partial charge in [-0.25, -0.2) is 0 Å². The predicted octanol–water partition coefficient (Wildman–Crippen LogP) is 13.0. The summed E-state index contributed by atoms with van der Waals surface area (Å²) in [5.41, 5.74) is 0. The van der Waals surface area contributed by atoms with Gasteiger partial charge in [-0.15, -0.1) is 0 Å². The summed E-state index contributed by atoms with van der Waals surface area (Å²) >= 11 is 0. The van der Waals surface area contributed by atoms with Crippen molar-refractivity contribution >= 4 is 8.40 Å². The molecule has 0 aliphatic carbocycles. The van der Waals surface area contributed by atoms with Crippen molar-refractivity contribution in [1.82, 2.24) is 0 Å². The van der Waals surface area contributed by atoms with E-state index in [1.807, 2.05) is 0 Å². The van der Waals surface area contributed by atoms with Crippen molar-refractivity contribution in [3.05, 3.63) is 0 Å². The standard InChI is InChI=1S/C26H28F30N2Si/c27-13(28,15(31,32)17(35,36)19(39,40)21(43,44)23(47,48)25(51,52)53)9-5-1-3-7-11-59(57,58)12-8-4-2-6-10-14(29,30)16(33,34)18(37,38)20(41,42)22(45,46)24(49,50)26(54,55)56/h1-12,57-58H2. The van der Waals surface area contributed by atoms with Gasteiger partial charge >= 0.3 is 83.4 Å². The highest BCUT2D eigenvalue weighted by Gasteiger charge is 2.94. The summed E-state index contributed by atoms with van der Waals surface area (Å²) in [6.07, 6.45) is -26.3. The van der Waals surface area contributed by atoms with Crippen molar-refractivity contribution in [1.29, 1.82) is 0 Å². The highest BCUT2D eigenvalue weighted by Crippen LogP contribution is 2.64. The normalized spacial score (nSPS) is 16.3. The van der Waals surface area contributed by atoms with Crippen molar-refractivity contribution in [3.8, 4) is 0 Å². The first-order valence-corrected chi connectivity index (χ1v) is 18.2. The molecular weight excluding hydrogens is 938 g/mol. The van der Waals surface area contributed by atoms with E-state index in [1.165, 1.54) is 0 Å². The van der Waals surface area contributed by atoms with Crippen LogP contribution in [0.2, 0.25) is 12.1 Å². The average molecular weight is 967 g/mol. The third kappa shape index (κ3) is 9.98. The van der Waals surface area contributed by atoms with Gasteiger partial charge in [-0.1, -0.05) is 38.5 Å². The average Bonchev–Trinajstić information content (AvgIpc) is 3.02. The maximum atomic E-state index is 13.9. The molecule has 0 radical (unpaired) electrons. The Morgan fingerprint density at radius 1 is 0.237 bits per heavy atom. The molecule has 0 fully saturated rings. The molecule has 0 spiro atoms. The lowest BCUT2D eigenvalue weighted by Gasteiger charge is -2.41. The smallest absolute Gasteiger partial charge is 0.339 e. The quantitative estimate of drug-likeness (QED) is 0.0575. The van der Waals surface area contributed by atoms with Crippen LogP contribution in [0.15, 0.2) is 0 Å². The monoisotopic (exact) mass is 966 g/mol. The molecule has 0 atom stereocenters. The third-order valence-electron chi connectivity index (χ3n) is 8.55. The zero-order valence-electron chi connectivity index (χ0n) is 28.5. The van der Waals surface area contributed by atoms with E-state index in [0.717, 1.165) is 0 Å². The van der Waals surface area contributed by atoms with Crippen LogP contribution in [0.25, 0.3) is 0 Å². The van der Waals surface area contributed by atoms with Crippen molar-refractivity contribution in [2.45, 2.75) is 160 Å². The second kappa shape index (κ2) is 17.0. The van der Waals surface area contributed by atoms with E-state index in [0.29, 0.717) is 0 Å². The first-order valence-electron chi connectivity index (χ1n) is 15.7. The van der Waals surface area contributed by atoms with E-state index >= 15 is 0 Å². The zero-order valence-corrected chi connectivity index (χ0v) is 29.5. The van der Waals surface area contributed by atoms with Gasteiger partial charge in [0.1, 0.15) is 0 Å². The largest absolute Gasteiger partial charge is 0.460 e. The number of nitrogens with two attached hydrogens (primary N) is 2. The first kappa shape index (κ1) is 57.0. The van der Waals surface area contributed by atoms with Crippen molar-refractivity contribution in [2.24, 2.45) is 10.8 Å². The van der Waals surface area contributed by atoms with Gasteiger partial charge in [0, 0.05) is 12.8 Å². The second-order valence-electron chi connectivity index (χ2n) is 13.2. The molecular formula is C26H28F30N2Si. The van der Waals surface area contributed by atoms with Gasteiger partial charge in [0.2, 0.25) is 0 Å². The van der Waals surface area contributed by atoms with Crippen LogP contribution in [0, 0.1) is 0 Å². The first-order chi connectivity index (χ1) is 25.4. The number of hydrogen-bond donors (Lipinski definition) is 2. The maximum Gasteiger partial charge on any atom is 0.460 e. The van der Waals surface area contributed by atoms with Gasteiger partial charge in [0.25, 0.3) is 0 Å². The Morgan fingerprint density at radius 3 is 0.644 bits per heavy atom. The van der Waals surface area contributed by atoms with Gasteiger partial charge in [0.05, 0.1) is 0 Å². The molecule has 0 aromatic heterocycles. The minimum atomic E-state index is -8.45. The van der Waals surface area contributed by atoms with Crippen molar-refractivity contribution in [3.63, 3.8) is 0 Å². The van der Waals surface area contributed by atoms with Crippen molar-refractivity contribution < 1.29 is 132 Å². The fourth-order valence-corrected chi connectivity index (χ4v) is 6.81. The third-order valence-corrected chi connectivity index (χ3v) is 11.1. The molecule has 0 aromatic carbocycles. The molecule has 356 valence electrons. The van der Waals surface area contributed by atoms with Crippen LogP contribution in [0.1, 0.15) is 64.2 Å². The lowest BCUT2D eigenvalue weighted by atomic mass is 9.89. The van der Waals surface area contributed by atoms with E-state index < -0.39 is 143 Å².